The van der Waals surface area contributed by atoms with Crippen LogP contribution < -0.4 is 0 Å². The topological polar surface area (TPSA) is 12.4 Å². The molecule has 0 bridgehead atoms. The van der Waals surface area contributed by atoms with Crippen LogP contribution in [0.1, 0.15) is 5.56 Å². The third-order valence-corrected chi connectivity index (χ3v) is 3.47. The molecule has 0 aliphatic carbocycles. The molecule has 0 N–H and O–H groups in total. The molecule has 0 aliphatic heterocycles. The standard InChI is InChI=1S/C13H12NS.C5H5.Fe/c1-15-13-9-5-4-8-12(13)14-10-11-6-2-3-7-11;1-2-4-5-3-1;/h2-10H,1H3;1-5H;/q2*-1;. The van der Waals surface area contributed by atoms with Gasteiger partial charge in [-0.05, 0) is 24.6 Å². The molecular weight excluding hydrogens is 318 g/mol. The van der Waals surface area contributed by atoms with E-state index in [0.29, 0.717) is 0 Å². The summed E-state index contributed by atoms with van der Waals surface area (Å²) in [5, 5.41) is 0. The first-order valence-electron chi connectivity index (χ1n) is 6.45. The van der Waals surface area contributed by atoms with Crippen molar-refractivity contribution in [1.82, 2.24) is 0 Å². The van der Waals surface area contributed by atoms with Gasteiger partial charge in [0.2, 0.25) is 0 Å². The molecule has 1 nitrogen and oxygen atoms in total. The van der Waals surface area contributed by atoms with Crippen LogP contribution in [0.5, 0.6) is 0 Å². The van der Waals surface area contributed by atoms with Crippen molar-refractivity contribution in [3.05, 3.63) is 84.4 Å². The third kappa shape index (κ3) is 6.17. The quantitative estimate of drug-likeness (QED) is 0.274. The Morgan fingerprint density at radius 2 is 1.67 bits per heavy atom. The molecule has 0 spiro atoms. The average molecular weight is 335 g/mol. The van der Waals surface area contributed by atoms with E-state index in [1.54, 1.807) is 11.8 Å². The molecule has 0 saturated carbocycles. The van der Waals surface area contributed by atoms with E-state index >= 15 is 0 Å². The molecule has 110 valence electrons. The van der Waals surface area contributed by atoms with Crippen molar-refractivity contribution in [2.24, 2.45) is 4.99 Å². The van der Waals surface area contributed by atoms with Crippen LogP contribution in [-0.2, 0) is 17.1 Å². The Morgan fingerprint density at radius 3 is 2.24 bits per heavy atom. The minimum atomic E-state index is 0. The van der Waals surface area contributed by atoms with Crippen molar-refractivity contribution in [2.75, 3.05) is 6.26 Å². The number of para-hydroxylation sites is 1. The Labute approximate surface area is 141 Å². The van der Waals surface area contributed by atoms with Gasteiger partial charge in [0.15, 0.2) is 0 Å². The fraction of sp³-hybridized carbons (Fsp3) is 0.0556. The number of aliphatic imine (C=N–C) groups is 1. The summed E-state index contributed by atoms with van der Waals surface area (Å²) in [6, 6.07) is 26.3. The molecule has 3 aromatic carbocycles. The predicted octanol–water partition coefficient (Wildman–Crippen LogP) is 5.28. The van der Waals surface area contributed by atoms with Gasteiger partial charge in [-0.1, -0.05) is 12.1 Å². The number of benzene rings is 1. The first-order chi connectivity index (χ1) is 9.90. The monoisotopic (exact) mass is 335 g/mol. The van der Waals surface area contributed by atoms with Crippen LogP contribution in [0.15, 0.2) is 88.8 Å². The van der Waals surface area contributed by atoms with Crippen LogP contribution in [0, 0.1) is 0 Å². The maximum atomic E-state index is 4.47. The molecule has 3 aromatic rings. The van der Waals surface area contributed by atoms with Crippen LogP contribution >= 0.6 is 11.8 Å². The summed E-state index contributed by atoms with van der Waals surface area (Å²) in [4.78, 5) is 5.68. The van der Waals surface area contributed by atoms with Crippen LogP contribution in [0.4, 0.5) is 5.69 Å². The smallest absolute Gasteiger partial charge is 0.0752 e. The fourth-order valence-electron chi connectivity index (χ4n) is 1.68. The van der Waals surface area contributed by atoms with Gasteiger partial charge in [-0.3, -0.25) is 4.99 Å². The molecule has 0 saturated heterocycles. The Kier molecular flexibility index (Phi) is 8.53. The van der Waals surface area contributed by atoms with Crippen LogP contribution in [-0.4, -0.2) is 12.5 Å². The zero-order valence-corrected chi connectivity index (χ0v) is 13.7. The molecule has 0 radical (unpaired) electrons. The molecule has 0 heterocycles. The van der Waals surface area contributed by atoms with E-state index in [9.17, 15) is 0 Å². The maximum Gasteiger partial charge on any atom is 0.0752 e. The number of nitrogens with zero attached hydrogens (tertiary/aromatic N) is 1. The molecule has 0 fully saturated rings. The van der Waals surface area contributed by atoms with E-state index < -0.39 is 0 Å². The molecule has 0 amide bonds. The molecule has 3 rings (SSSR count). The number of rotatable bonds is 3. The maximum absolute atomic E-state index is 4.47. The largest absolute Gasteiger partial charge is 0.268 e. The summed E-state index contributed by atoms with van der Waals surface area (Å²) in [7, 11) is 0. The Bertz CT molecular complexity index is 595. The van der Waals surface area contributed by atoms with Gasteiger partial charge in [0.1, 0.15) is 0 Å². The third-order valence-electron chi connectivity index (χ3n) is 2.68. The van der Waals surface area contributed by atoms with Crippen molar-refractivity contribution in [1.29, 1.82) is 0 Å². The second-order valence-corrected chi connectivity index (χ2v) is 4.96. The van der Waals surface area contributed by atoms with Gasteiger partial charge in [0.05, 0.1) is 5.69 Å². The molecule has 21 heavy (non-hydrogen) atoms. The minimum Gasteiger partial charge on any atom is -0.268 e. The molecule has 3 heteroatoms. The first-order valence-corrected chi connectivity index (χ1v) is 7.68. The molecular formula is C18H17FeNS-2. The summed E-state index contributed by atoms with van der Waals surface area (Å²) < 4.78 is 0. The van der Waals surface area contributed by atoms with E-state index in [-0.39, 0.29) is 17.1 Å². The van der Waals surface area contributed by atoms with Gasteiger partial charge in [-0.25, -0.2) is 24.3 Å². The van der Waals surface area contributed by atoms with E-state index in [1.165, 1.54) is 4.90 Å². The fourth-order valence-corrected chi connectivity index (χ4v) is 2.22. The molecule has 0 unspecified atom stereocenters. The Balaban J connectivity index is 0.000000313. The molecule has 0 atom stereocenters. The van der Waals surface area contributed by atoms with Gasteiger partial charge < -0.3 is 0 Å². The van der Waals surface area contributed by atoms with Gasteiger partial charge in [-0.2, -0.15) is 30.3 Å². The van der Waals surface area contributed by atoms with Gasteiger partial charge >= 0.3 is 0 Å². The molecule has 0 aliphatic rings. The number of hydrogen-bond acceptors (Lipinski definition) is 2. The van der Waals surface area contributed by atoms with E-state index in [1.807, 2.05) is 79.0 Å². The average Bonchev–Trinajstić information content (AvgIpc) is 3.21. The number of hydrogen-bond donors (Lipinski definition) is 0. The number of thioether (sulfide) groups is 1. The van der Waals surface area contributed by atoms with Crippen molar-refractivity contribution in [3.8, 4) is 0 Å². The summed E-state index contributed by atoms with van der Waals surface area (Å²) in [5.41, 5.74) is 2.18. The molecule has 0 aromatic heterocycles. The van der Waals surface area contributed by atoms with E-state index in [0.717, 1.165) is 11.3 Å². The van der Waals surface area contributed by atoms with Gasteiger partial charge in [0, 0.05) is 22.0 Å². The Morgan fingerprint density at radius 1 is 1.00 bits per heavy atom. The van der Waals surface area contributed by atoms with Crippen molar-refractivity contribution < 1.29 is 17.1 Å². The summed E-state index contributed by atoms with van der Waals surface area (Å²) in [5.74, 6) is 0. The Hall–Kier alpha value is -1.54. The van der Waals surface area contributed by atoms with Crippen molar-refractivity contribution in [3.63, 3.8) is 0 Å². The summed E-state index contributed by atoms with van der Waals surface area (Å²) in [6.07, 6.45) is 3.96. The first kappa shape index (κ1) is 17.5. The predicted molar refractivity (Wildman–Crippen MR) is 89.5 cm³/mol. The normalized spacial score (nSPS) is 9.76. The van der Waals surface area contributed by atoms with Crippen LogP contribution in [0.2, 0.25) is 0 Å². The van der Waals surface area contributed by atoms with E-state index in [4.69, 9.17) is 0 Å². The second-order valence-electron chi connectivity index (χ2n) is 4.11. The van der Waals surface area contributed by atoms with Crippen molar-refractivity contribution >= 4 is 23.7 Å². The van der Waals surface area contributed by atoms with Gasteiger partial charge in [0.25, 0.3) is 0 Å². The minimum absolute atomic E-state index is 0. The van der Waals surface area contributed by atoms with Crippen LogP contribution in [0.25, 0.3) is 0 Å². The zero-order valence-electron chi connectivity index (χ0n) is 11.8. The summed E-state index contributed by atoms with van der Waals surface area (Å²) in [6.45, 7) is 0. The second kappa shape index (κ2) is 10.2. The van der Waals surface area contributed by atoms with Crippen LogP contribution in [0.3, 0.4) is 0 Å². The van der Waals surface area contributed by atoms with Crippen molar-refractivity contribution in [2.45, 2.75) is 4.90 Å². The zero-order chi connectivity index (χ0) is 14.0. The summed E-state index contributed by atoms with van der Waals surface area (Å²) >= 11 is 1.72. The SMILES string of the molecule is CSc1ccccc1N=C[c-]1cccc1.[Fe].c1cc[cH-]c1. The van der Waals surface area contributed by atoms with Gasteiger partial charge in [-0.15, -0.1) is 17.3 Å². The van der Waals surface area contributed by atoms with E-state index in [2.05, 4.69) is 17.3 Å².